The number of aromatic nitrogens is 1. The monoisotopic (exact) mass is 232 g/mol. The van der Waals surface area contributed by atoms with E-state index >= 15 is 0 Å². The van der Waals surface area contributed by atoms with Gasteiger partial charge in [-0.25, -0.2) is 9.37 Å². The highest BCUT2D eigenvalue weighted by Crippen LogP contribution is 2.23. The molecule has 0 saturated carbocycles. The SMILES string of the molecule is Cc1ccc(F)cc1-c1ccc([N+](=O)[O-])cn1. The van der Waals surface area contributed by atoms with E-state index in [2.05, 4.69) is 4.98 Å². The first-order valence-corrected chi connectivity index (χ1v) is 4.95. The maximum atomic E-state index is 13.1. The second-order valence-corrected chi connectivity index (χ2v) is 3.62. The lowest BCUT2D eigenvalue weighted by molar-refractivity contribution is -0.385. The van der Waals surface area contributed by atoms with Gasteiger partial charge >= 0.3 is 0 Å². The third-order valence-corrected chi connectivity index (χ3v) is 2.43. The van der Waals surface area contributed by atoms with Gasteiger partial charge in [-0.05, 0) is 30.7 Å². The molecule has 86 valence electrons. The van der Waals surface area contributed by atoms with Crippen molar-refractivity contribution in [3.05, 3.63) is 58.0 Å². The highest BCUT2D eigenvalue weighted by atomic mass is 19.1. The average molecular weight is 232 g/mol. The predicted molar refractivity (Wildman–Crippen MR) is 61.0 cm³/mol. The second-order valence-electron chi connectivity index (χ2n) is 3.62. The molecule has 1 aromatic carbocycles. The number of hydrogen-bond acceptors (Lipinski definition) is 3. The summed E-state index contributed by atoms with van der Waals surface area (Å²) in [5, 5.41) is 10.5. The lowest BCUT2D eigenvalue weighted by Gasteiger charge is -2.04. The molecule has 0 aliphatic carbocycles. The summed E-state index contributed by atoms with van der Waals surface area (Å²) in [5.41, 5.74) is 1.95. The van der Waals surface area contributed by atoms with E-state index in [9.17, 15) is 14.5 Å². The average Bonchev–Trinajstić information content (AvgIpc) is 2.32. The van der Waals surface area contributed by atoms with E-state index < -0.39 is 4.92 Å². The quantitative estimate of drug-likeness (QED) is 0.590. The van der Waals surface area contributed by atoms with Crippen LogP contribution >= 0.6 is 0 Å². The van der Waals surface area contributed by atoms with Gasteiger partial charge in [0.25, 0.3) is 5.69 Å². The molecule has 2 rings (SSSR count). The zero-order chi connectivity index (χ0) is 12.4. The summed E-state index contributed by atoms with van der Waals surface area (Å²) in [4.78, 5) is 13.9. The van der Waals surface area contributed by atoms with E-state index in [0.717, 1.165) is 5.56 Å². The van der Waals surface area contributed by atoms with Crippen molar-refractivity contribution in [2.45, 2.75) is 6.92 Å². The minimum Gasteiger partial charge on any atom is -0.258 e. The Morgan fingerprint density at radius 2 is 2.06 bits per heavy atom. The molecule has 2 aromatic rings. The van der Waals surface area contributed by atoms with E-state index in [-0.39, 0.29) is 11.5 Å². The molecule has 0 spiro atoms. The van der Waals surface area contributed by atoms with Crippen LogP contribution in [0, 0.1) is 22.9 Å². The molecule has 0 amide bonds. The molecule has 0 saturated heterocycles. The molecular formula is C12H9FN2O2. The summed E-state index contributed by atoms with van der Waals surface area (Å²) >= 11 is 0. The fourth-order valence-corrected chi connectivity index (χ4v) is 1.52. The van der Waals surface area contributed by atoms with Gasteiger partial charge in [0.05, 0.1) is 10.6 Å². The summed E-state index contributed by atoms with van der Waals surface area (Å²) in [5.74, 6) is -0.356. The largest absolute Gasteiger partial charge is 0.287 e. The van der Waals surface area contributed by atoms with E-state index in [1.165, 1.54) is 30.5 Å². The van der Waals surface area contributed by atoms with Crippen LogP contribution in [-0.2, 0) is 0 Å². The molecule has 0 radical (unpaired) electrons. The Morgan fingerprint density at radius 1 is 1.29 bits per heavy atom. The molecule has 4 nitrogen and oxygen atoms in total. The number of rotatable bonds is 2. The van der Waals surface area contributed by atoms with Crippen LogP contribution in [0.3, 0.4) is 0 Å². The van der Waals surface area contributed by atoms with Gasteiger partial charge in [-0.3, -0.25) is 10.1 Å². The Bertz CT molecular complexity index is 567. The molecule has 0 unspecified atom stereocenters. The zero-order valence-corrected chi connectivity index (χ0v) is 9.05. The summed E-state index contributed by atoms with van der Waals surface area (Å²) in [6, 6.07) is 7.24. The van der Waals surface area contributed by atoms with Gasteiger partial charge in [-0.2, -0.15) is 0 Å². The molecule has 0 aliphatic heterocycles. The minimum absolute atomic E-state index is 0.0807. The van der Waals surface area contributed by atoms with Gasteiger partial charge in [0, 0.05) is 11.6 Å². The van der Waals surface area contributed by atoms with E-state index in [1.54, 1.807) is 6.07 Å². The van der Waals surface area contributed by atoms with Gasteiger partial charge in [0.1, 0.15) is 12.0 Å². The fraction of sp³-hybridized carbons (Fsp3) is 0.0833. The van der Waals surface area contributed by atoms with Crippen LogP contribution < -0.4 is 0 Å². The molecule has 17 heavy (non-hydrogen) atoms. The summed E-state index contributed by atoms with van der Waals surface area (Å²) < 4.78 is 13.1. The van der Waals surface area contributed by atoms with Gasteiger partial charge in [0.15, 0.2) is 0 Å². The van der Waals surface area contributed by atoms with Gasteiger partial charge in [-0.1, -0.05) is 6.07 Å². The molecule has 1 heterocycles. The lowest BCUT2D eigenvalue weighted by Crippen LogP contribution is -1.92. The molecule has 0 aliphatic rings. The van der Waals surface area contributed by atoms with Crippen molar-refractivity contribution in [3.63, 3.8) is 0 Å². The lowest BCUT2D eigenvalue weighted by atomic mass is 10.1. The number of hydrogen-bond donors (Lipinski definition) is 0. The second kappa shape index (κ2) is 4.29. The third-order valence-electron chi connectivity index (χ3n) is 2.43. The van der Waals surface area contributed by atoms with Crippen LogP contribution in [0.15, 0.2) is 36.5 Å². The highest BCUT2D eigenvalue weighted by molar-refractivity contribution is 5.63. The predicted octanol–water partition coefficient (Wildman–Crippen LogP) is 3.10. The van der Waals surface area contributed by atoms with Crippen LogP contribution in [0.5, 0.6) is 0 Å². The van der Waals surface area contributed by atoms with Gasteiger partial charge in [-0.15, -0.1) is 0 Å². The van der Waals surface area contributed by atoms with Crippen LogP contribution in [-0.4, -0.2) is 9.91 Å². The number of halogens is 1. The number of aryl methyl sites for hydroxylation is 1. The van der Waals surface area contributed by atoms with Crippen molar-refractivity contribution in [1.82, 2.24) is 4.98 Å². The minimum atomic E-state index is -0.519. The first kappa shape index (κ1) is 11.2. The topological polar surface area (TPSA) is 56.0 Å². The van der Waals surface area contributed by atoms with Crippen molar-refractivity contribution < 1.29 is 9.31 Å². The number of nitro groups is 1. The Hall–Kier alpha value is -2.30. The number of benzene rings is 1. The Balaban J connectivity index is 2.46. The molecule has 1 aromatic heterocycles. The first-order chi connectivity index (χ1) is 8.08. The standard InChI is InChI=1S/C12H9FN2O2/c1-8-2-3-9(13)6-11(8)12-5-4-10(7-14-12)15(16)17/h2-7H,1H3. The molecular weight excluding hydrogens is 223 g/mol. The van der Waals surface area contributed by atoms with E-state index in [4.69, 9.17) is 0 Å². The van der Waals surface area contributed by atoms with Crippen molar-refractivity contribution in [1.29, 1.82) is 0 Å². The van der Waals surface area contributed by atoms with Crippen LogP contribution in [0.25, 0.3) is 11.3 Å². The molecule has 0 N–H and O–H groups in total. The first-order valence-electron chi connectivity index (χ1n) is 4.95. The number of pyridine rings is 1. The van der Waals surface area contributed by atoms with Crippen molar-refractivity contribution >= 4 is 5.69 Å². The zero-order valence-electron chi connectivity index (χ0n) is 9.05. The molecule has 0 fully saturated rings. The van der Waals surface area contributed by atoms with Crippen LogP contribution in [0.2, 0.25) is 0 Å². The summed E-state index contributed by atoms with van der Waals surface area (Å²) in [7, 11) is 0. The Morgan fingerprint density at radius 3 is 2.65 bits per heavy atom. The highest BCUT2D eigenvalue weighted by Gasteiger charge is 2.08. The van der Waals surface area contributed by atoms with Crippen molar-refractivity contribution in [2.24, 2.45) is 0 Å². The van der Waals surface area contributed by atoms with E-state index in [1.807, 2.05) is 6.92 Å². The third kappa shape index (κ3) is 2.28. The normalized spacial score (nSPS) is 10.2. The maximum Gasteiger partial charge on any atom is 0.287 e. The van der Waals surface area contributed by atoms with Crippen LogP contribution in [0.1, 0.15) is 5.56 Å². The molecule has 0 bridgehead atoms. The van der Waals surface area contributed by atoms with Crippen molar-refractivity contribution in [2.75, 3.05) is 0 Å². The summed E-state index contributed by atoms with van der Waals surface area (Å²) in [6.45, 7) is 1.83. The molecule has 5 heteroatoms. The van der Waals surface area contributed by atoms with E-state index in [0.29, 0.717) is 11.3 Å². The maximum absolute atomic E-state index is 13.1. The fourth-order valence-electron chi connectivity index (χ4n) is 1.52. The number of nitrogens with zero attached hydrogens (tertiary/aromatic N) is 2. The van der Waals surface area contributed by atoms with Crippen LogP contribution in [0.4, 0.5) is 10.1 Å². The Labute approximate surface area is 96.9 Å². The van der Waals surface area contributed by atoms with Crippen molar-refractivity contribution in [3.8, 4) is 11.3 Å². The van der Waals surface area contributed by atoms with Gasteiger partial charge < -0.3 is 0 Å². The summed E-state index contributed by atoms with van der Waals surface area (Å²) in [6.07, 6.45) is 1.17. The smallest absolute Gasteiger partial charge is 0.258 e. The Kier molecular flexibility index (Phi) is 2.82. The van der Waals surface area contributed by atoms with Gasteiger partial charge in [0.2, 0.25) is 0 Å². The molecule has 0 atom stereocenters.